The molecule has 0 saturated heterocycles. The van der Waals surface area contributed by atoms with Crippen LogP contribution in [-0.4, -0.2) is 20.4 Å². The minimum Gasteiger partial charge on any atom is -0.292 e. The van der Waals surface area contributed by atoms with Crippen LogP contribution in [0.1, 0.15) is 5.69 Å². The molecule has 0 fully saturated rings. The SMILES string of the molecule is CSc1nc2c(Cl)cc(F)c(-n3c(=O)cc(C(F)(F)F)n(C)c3=O)c2s1. The zero-order valence-electron chi connectivity index (χ0n) is 13.0. The first kappa shape index (κ1) is 18.9. The highest BCUT2D eigenvalue weighted by Gasteiger charge is 2.35. The van der Waals surface area contributed by atoms with Gasteiger partial charge in [-0.3, -0.25) is 9.36 Å². The number of halogens is 5. The summed E-state index contributed by atoms with van der Waals surface area (Å²) in [6, 6.07) is 1.12. The van der Waals surface area contributed by atoms with Gasteiger partial charge in [0.1, 0.15) is 16.9 Å². The van der Waals surface area contributed by atoms with Gasteiger partial charge in [-0.25, -0.2) is 18.7 Å². The lowest BCUT2D eigenvalue weighted by Crippen LogP contribution is -2.41. The van der Waals surface area contributed by atoms with E-state index in [9.17, 15) is 27.2 Å². The highest BCUT2D eigenvalue weighted by Crippen LogP contribution is 2.37. The van der Waals surface area contributed by atoms with Crippen LogP contribution in [0.3, 0.4) is 0 Å². The average Bonchev–Trinajstić information content (AvgIpc) is 2.97. The summed E-state index contributed by atoms with van der Waals surface area (Å²) in [5.41, 5.74) is -4.37. The van der Waals surface area contributed by atoms with Crippen LogP contribution in [0.5, 0.6) is 0 Å². The highest BCUT2D eigenvalue weighted by atomic mass is 35.5. The zero-order valence-corrected chi connectivity index (χ0v) is 15.4. The van der Waals surface area contributed by atoms with E-state index in [0.717, 1.165) is 24.5 Å². The summed E-state index contributed by atoms with van der Waals surface area (Å²) >= 11 is 8.18. The van der Waals surface area contributed by atoms with Gasteiger partial charge in [-0.2, -0.15) is 13.2 Å². The maximum absolute atomic E-state index is 14.6. The topological polar surface area (TPSA) is 56.9 Å². The van der Waals surface area contributed by atoms with E-state index in [1.807, 2.05) is 0 Å². The van der Waals surface area contributed by atoms with Gasteiger partial charge in [0.15, 0.2) is 10.2 Å². The van der Waals surface area contributed by atoms with E-state index in [0.29, 0.717) is 8.91 Å². The molecule has 0 radical (unpaired) electrons. The average molecular weight is 426 g/mol. The minimum atomic E-state index is -4.91. The van der Waals surface area contributed by atoms with Gasteiger partial charge in [-0.15, -0.1) is 11.3 Å². The first-order chi connectivity index (χ1) is 12.1. The maximum atomic E-state index is 14.6. The van der Waals surface area contributed by atoms with Crippen molar-refractivity contribution in [2.75, 3.05) is 6.26 Å². The van der Waals surface area contributed by atoms with Crippen molar-refractivity contribution >= 4 is 44.9 Å². The molecule has 1 aromatic carbocycles. The Labute approximate surface area is 155 Å². The first-order valence-electron chi connectivity index (χ1n) is 6.79. The van der Waals surface area contributed by atoms with Crippen molar-refractivity contribution in [3.8, 4) is 5.69 Å². The third-order valence-electron chi connectivity index (χ3n) is 3.54. The van der Waals surface area contributed by atoms with Crippen molar-refractivity contribution in [3.63, 3.8) is 0 Å². The van der Waals surface area contributed by atoms with E-state index in [4.69, 9.17) is 11.6 Å². The van der Waals surface area contributed by atoms with Crippen molar-refractivity contribution in [2.45, 2.75) is 10.5 Å². The number of hydrogen-bond donors (Lipinski definition) is 0. The van der Waals surface area contributed by atoms with Crippen molar-refractivity contribution in [1.29, 1.82) is 0 Å². The largest absolute Gasteiger partial charge is 0.431 e. The molecule has 3 aromatic rings. The summed E-state index contributed by atoms with van der Waals surface area (Å²) in [6.07, 6.45) is -3.19. The van der Waals surface area contributed by atoms with Gasteiger partial charge in [0.2, 0.25) is 0 Å². The molecule has 0 aliphatic heterocycles. The monoisotopic (exact) mass is 425 g/mol. The van der Waals surface area contributed by atoms with E-state index in [2.05, 4.69) is 4.98 Å². The molecule has 0 amide bonds. The van der Waals surface area contributed by atoms with Crippen molar-refractivity contribution < 1.29 is 17.6 Å². The van der Waals surface area contributed by atoms with E-state index in [-0.39, 0.29) is 25.9 Å². The maximum Gasteiger partial charge on any atom is 0.431 e. The van der Waals surface area contributed by atoms with Crippen LogP contribution in [0.4, 0.5) is 17.6 Å². The second-order valence-corrected chi connectivity index (χ2v) is 7.55. The zero-order chi connectivity index (χ0) is 19.4. The molecule has 12 heteroatoms. The van der Waals surface area contributed by atoms with Crippen molar-refractivity contribution in [2.24, 2.45) is 7.05 Å². The Morgan fingerprint density at radius 2 is 1.92 bits per heavy atom. The van der Waals surface area contributed by atoms with Crippen LogP contribution < -0.4 is 11.2 Å². The number of nitrogens with zero attached hydrogens (tertiary/aromatic N) is 3. The predicted octanol–water partition coefficient (Wildman–Crippen LogP) is 3.68. The summed E-state index contributed by atoms with van der Waals surface area (Å²) in [6.45, 7) is 0. The van der Waals surface area contributed by atoms with E-state index in [1.165, 1.54) is 11.8 Å². The fourth-order valence-electron chi connectivity index (χ4n) is 2.38. The number of aromatic nitrogens is 3. The summed E-state index contributed by atoms with van der Waals surface area (Å²) in [4.78, 5) is 28.8. The number of benzene rings is 1. The molecule has 0 spiro atoms. The number of thioether (sulfide) groups is 1. The van der Waals surface area contributed by atoms with Crippen molar-refractivity contribution in [3.05, 3.63) is 49.5 Å². The molecular formula is C14H8ClF4N3O2S2. The van der Waals surface area contributed by atoms with Gasteiger partial charge in [0, 0.05) is 13.1 Å². The second-order valence-electron chi connectivity index (χ2n) is 5.09. The quantitative estimate of drug-likeness (QED) is 0.464. The molecule has 0 bridgehead atoms. The summed E-state index contributed by atoms with van der Waals surface area (Å²) in [5.74, 6) is -1.02. The van der Waals surface area contributed by atoms with Gasteiger partial charge >= 0.3 is 11.9 Å². The highest BCUT2D eigenvalue weighted by molar-refractivity contribution is 8.00. The van der Waals surface area contributed by atoms with Gasteiger partial charge in [-0.1, -0.05) is 23.4 Å². The molecule has 2 aromatic heterocycles. The van der Waals surface area contributed by atoms with Crippen LogP contribution in [0.15, 0.2) is 26.1 Å². The Balaban J connectivity index is 2.46. The Bertz CT molecular complexity index is 1150. The van der Waals surface area contributed by atoms with Crippen LogP contribution in [0, 0.1) is 5.82 Å². The number of alkyl halides is 3. The summed E-state index contributed by atoms with van der Waals surface area (Å²) in [5, 5.41) is -0.0328. The van der Waals surface area contributed by atoms with Gasteiger partial charge in [-0.05, 0) is 12.3 Å². The normalized spacial score (nSPS) is 12.1. The molecule has 0 aliphatic rings. The molecule has 2 heterocycles. The Morgan fingerprint density at radius 1 is 1.27 bits per heavy atom. The van der Waals surface area contributed by atoms with E-state index in [1.54, 1.807) is 6.26 Å². The number of thiazole rings is 1. The molecule has 5 nitrogen and oxygen atoms in total. The molecule has 0 saturated carbocycles. The van der Waals surface area contributed by atoms with Crippen LogP contribution >= 0.6 is 34.7 Å². The lowest BCUT2D eigenvalue weighted by atomic mass is 10.2. The van der Waals surface area contributed by atoms with Crippen LogP contribution in [0.2, 0.25) is 5.02 Å². The van der Waals surface area contributed by atoms with E-state index >= 15 is 0 Å². The van der Waals surface area contributed by atoms with Crippen LogP contribution in [-0.2, 0) is 13.2 Å². The number of fused-ring (bicyclic) bond motifs is 1. The number of hydrogen-bond acceptors (Lipinski definition) is 5. The molecule has 0 unspecified atom stereocenters. The summed E-state index contributed by atoms with van der Waals surface area (Å²) < 4.78 is 54.7. The summed E-state index contributed by atoms with van der Waals surface area (Å²) in [7, 11) is 0.853. The smallest absolute Gasteiger partial charge is 0.292 e. The Morgan fingerprint density at radius 3 is 2.50 bits per heavy atom. The first-order valence-corrected chi connectivity index (χ1v) is 9.21. The fraction of sp³-hybridized carbons (Fsp3) is 0.214. The molecule has 3 rings (SSSR count). The third-order valence-corrected chi connectivity index (χ3v) is 5.87. The second kappa shape index (κ2) is 6.39. The lowest BCUT2D eigenvalue weighted by Gasteiger charge is -2.14. The minimum absolute atomic E-state index is 0.0328. The van der Waals surface area contributed by atoms with E-state index < -0.39 is 34.6 Å². The molecule has 26 heavy (non-hydrogen) atoms. The Hall–Kier alpha value is -1.85. The molecule has 0 aliphatic carbocycles. The predicted molar refractivity (Wildman–Crippen MR) is 92.2 cm³/mol. The third kappa shape index (κ3) is 2.93. The van der Waals surface area contributed by atoms with Gasteiger partial charge in [0.25, 0.3) is 5.56 Å². The number of rotatable bonds is 2. The lowest BCUT2D eigenvalue weighted by molar-refractivity contribution is -0.144. The van der Waals surface area contributed by atoms with Gasteiger partial charge < -0.3 is 0 Å². The van der Waals surface area contributed by atoms with Crippen LogP contribution in [0.25, 0.3) is 15.9 Å². The molecule has 0 N–H and O–H groups in total. The fourth-order valence-corrected chi connectivity index (χ4v) is 4.28. The van der Waals surface area contributed by atoms with Gasteiger partial charge in [0.05, 0.1) is 9.72 Å². The molecule has 0 atom stereocenters. The standard InChI is InChI=1S/C14H8ClF4N3O2S2/c1-21-7(14(17,18)19)4-8(23)22(13(21)24)10-6(16)3-5(15)9-11(10)26-12(20-9)25-2/h3-4H,1-2H3. The van der Waals surface area contributed by atoms with Crippen molar-refractivity contribution in [1.82, 2.24) is 14.1 Å². The molecule has 138 valence electrons. The molecular weight excluding hydrogens is 418 g/mol. The Kier molecular flexibility index (Phi) is 4.65.